The van der Waals surface area contributed by atoms with E-state index in [0.29, 0.717) is 28.0 Å². The van der Waals surface area contributed by atoms with Gasteiger partial charge < -0.3 is 19.1 Å². The predicted molar refractivity (Wildman–Crippen MR) is 141 cm³/mol. The molecule has 212 valence electrons. The van der Waals surface area contributed by atoms with Crippen molar-refractivity contribution in [3.8, 4) is 11.4 Å². The number of alkyl halides is 2. The highest BCUT2D eigenvalue weighted by Crippen LogP contribution is 2.37. The number of para-hydroxylation sites is 1. The molecule has 5 rings (SSSR count). The van der Waals surface area contributed by atoms with Crippen molar-refractivity contribution in [2.24, 2.45) is 0 Å². The summed E-state index contributed by atoms with van der Waals surface area (Å²) in [5.74, 6) is -1.75. The fourth-order valence-electron chi connectivity index (χ4n) is 4.80. The van der Waals surface area contributed by atoms with Gasteiger partial charge in [0, 0.05) is 23.2 Å². The summed E-state index contributed by atoms with van der Waals surface area (Å²) in [6, 6.07) is 9.08. The van der Waals surface area contributed by atoms with Crippen LogP contribution < -0.4 is 4.74 Å². The van der Waals surface area contributed by atoms with E-state index in [2.05, 4.69) is 14.8 Å². The van der Waals surface area contributed by atoms with Gasteiger partial charge in [0.1, 0.15) is 38.1 Å². The smallest absolute Gasteiger partial charge is 0.345 e. The van der Waals surface area contributed by atoms with Gasteiger partial charge in [0.25, 0.3) is 0 Å². The number of halogens is 5. The molecule has 1 fully saturated rings. The molecular formula is C27H22BClF4N4O4. The average Bonchev–Trinajstić information content (AvgIpc) is 3.36. The zero-order valence-electron chi connectivity index (χ0n) is 21.6. The molecule has 0 unspecified atom stereocenters. The van der Waals surface area contributed by atoms with Crippen molar-refractivity contribution >= 4 is 36.3 Å². The lowest BCUT2D eigenvalue weighted by molar-refractivity contribution is -0.168. The molecule has 1 amide bonds. The number of nitrogens with zero attached hydrogens (tertiary/aromatic N) is 4. The number of hydrogen-bond donors (Lipinski definition) is 0. The first-order chi connectivity index (χ1) is 19.6. The third kappa shape index (κ3) is 5.88. The number of aryl methyl sites for hydroxylation is 1. The van der Waals surface area contributed by atoms with E-state index in [4.69, 9.17) is 28.9 Å². The highest BCUT2D eigenvalue weighted by molar-refractivity contribution is 6.31. The molecule has 1 atom stereocenters. The molecule has 2 aromatic carbocycles. The second-order valence-electron chi connectivity index (χ2n) is 9.33. The van der Waals surface area contributed by atoms with Crippen molar-refractivity contribution in [3.05, 3.63) is 82.3 Å². The van der Waals surface area contributed by atoms with E-state index in [1.165, 1.54) is 10.9 Å². The van der Waals surface area contributed by atoms with Crippen LogP contribution in [-0.2, 0) is 26.3 Å². The normalized spacial score (nSPS) is 17.4. The lowest BCUT2D eigenvalue weighted by Gasteiger charge is -2.46. The van der Waals surface area contributed by atoms with Crippen molar-refractivity contribution in [2.45, 2.75) is 25.6 Å². The van der Waals surface area contributed by atoms with Crippen LogP contribution in [0.3, 0.4) is 0 Å². The third-order valence-electron chi connectivity index (χ3n) is 6.60. The SMILES string of the molecule is [B][C@@]1(c2cc(F)cc(Cl)c2COc2cccc3c(-n4cc(F)cn4)cc(C)nc23)COCCN1C(=O)COC(F)F. The topological polar surface area (TPSA) is 78.7 Å². The summed E-state index contributed by atoms with van der Waals surface area (Å²) in [6.07, 6.45) is 2.32. The first-order valence-electron chi connectivity index (χ1n) is 12.4. The molecule has 3 heterocycles. The number of morpholine rings is 1. The number of aromatic nitrogens is 3. The van der Waals surface area contributed by atoms with E-state index in [9.17, 15) is 22.4 Å². The number of hydrogen-bond acceptors (Lipinski definition) is 6. The molecule has 1 saturated heterocycles. The molecule has 0 spiro atoms. The number of amides is 1. The van der Waals surface area contributed by atoms with Gasteiger partial charge >= 0.3 is 6.61 Å². The van der Waals surface area contributed by atoms with Gasteiger partial charge in [0.15, 0.2) is 5.82 Å². The molecule has 41 heavy (non-hydrogen) atoms. The lowest BCUT2D eigenvalue weighted by Crippen LogP contribution is -2.58. The number of carbonyl (C=O) groups excluding carboxylic acids is 1. The van der Waals surface area contributed by atoms with E-state index in [1.807, 2.05) is 0 Å². The molecule has 8 nitrogen and oxygen atoms in total. The maximum atomic E-state index is 14.6. The monoisotopic (exact) mass is 588 g/mol. The minimum atomic E-state index is -3.16. The Morgan fingerprint density at radius 1 is 1.24 bits per heavy atom. The quantitative estimate of drug-likeness (QED) is 0.220. The van der Waals surface area contributed by atoms with E-state index >= 15 is 0 Å². The van der Waals surface area contributed by atoms with Crippen LogP contribution in [0, 0.1) is 18.6 Å². The fraction of sp³-hybridized carbons (Fsp3) is 0.296. The van der Waals surface area contributed by atoms with Crippen molar-refractivity contribution in [3.63, 3.8) is 0 Å². The van der Waals surface area contributed by atoms with Crippen LogP contribution in [0.25, 0.3) is 16.6 Å². The van der Waals surface area contributed by atoms with Crippen LogP contribution in [-0.4, -0.2) is 66.4 Å². The number of pyridine rings is 1. The van der Waals surface area contributed by atoms with Crippen molar-refractivity contribution < 1.29 is 36.6 Å². The van der Waals surface area contributed by atoms with Gasteiger partial charge in [-0.2, -0.15) is 13.9 Å². The minimum Gasteiger partial charge on any atom is -0.487 e. The molecule has 0 N–H and O–H groups in total. The Bertz CT molecular complexity index is 1610. The minimum absolute atomic E-state index is 0.0382. The third-order valence-corrected chi connectivity index (χ3v) is 6.94. The summed E-state index contributed by atoms with van der Waals surface area (Å²) >= 11 is 6.46. The Morgan fingerprint density at radius 3 is 2.78 bits per heavy atom. The highest BCUT2D eigenvalue weighted by Gasteiger charge is 2.41. The lowest BCUT2D eigenvalue weighted by atomic mass is 9.69. The van der Waals surface area contributed by atoms with Crippen LogP contribution >= 0.6 is 11.6 Å². The van der Waals surface area contributed by atoms with Gasteiger partial charge in [-0.05, 0) is 36.8 Å². The number of fused-ring (bicyclic) bond motifs is 1. The second-order valence-corrected chi connectivity index (χ2v) is 9.74. The van der Waals surface area contributed by atoms with Crippen molar-refractivity contribution in [1.29, 1.82) is 0 Å². The number of carbonyl (C=O) groups is 1. The molecule has 0 saturated carbocycles. The molecule has 2 radical (unpaired) electrons. The summed E-state index contributed by atoms with van der Waals surface area (Å²) in [7, 11) is 6.64. The van der Waals surface area contributed by atoms with Gasteiger partial charge in [0.2, 0.25) is 5.91 Å². The number of benzene rings is 2. The molecule has 2 aromatic heterocycles. The summed E-state index contributed by atoms with van der Waals surface area (Å²) in [6.45, 7) is -2.81. The Morgan fingerprint density at radius 2 is 2.05 bits per heavy atom. The average molecular weight is 589 g/mol. The molecule has 1 aliphatic heterocycles. The number of rotatable bonds is 8. The van der Waals surface area contributed by atoms with E-state index in [1.54, 1.807) is 31.2 Å². The Labute approximate surface area is 238 Å². The van der Waals surface area contributed by atoms with Gasteiger partial charge in [-0.1, -0.05) is 23.7 Å². The first kappa shape index (κ1) is 28.8. The summed E-state index contributed by atoms with van der Waals surface area (Å²) < 4.78 is 70.8. The standard InChI is InChI=1S/C27H22BClF4N4O4/c1-15-7-22(37-11-17(31)10-34-37)18-3-2-4-23(25(18)35-15)40-12-19-20(8-16(30)9-21(19)29)27(28)14-39-6-5-36(27)24(38)13-41-26(32)33/h2-4,7-11,26H,5-6,12-14H2,1H3/t27-/m0/s1. The second kappa shape index (κ2) is 11.7. The molecule has 4 aromatic rings. The molecule has 0 bridgehead atoms. The Kier molecular flexibility index (Phi) is 8.21. The van der Waals surface area contributed by atoms with Crippen molar-refractivity contribution in [2.75, 3.05) is 26.4 Å². The van der Waals surface area contributed by atoms with Crippen molar-refractivity contribution in [1.82, 2.24) is 19.7 Å². The van der Waals surface area contributed by atoms with Gasteiger partial charge in [-0.15, -0.1) is 0 Å². The van der Waals surface area contributed by atoms with Gasteiger partial charge in [0.05, 0.1) is 41.8 Å². The zero-order valence-corrected chi connectivity index (χ0v) is 22.4. The van der Waals surface area contributed by atoms with Gasteiger partial charge in [-0.25, -0.2) is 18.4 Å². The van der Waals surface area contributed by atoms with Gasteiger partial charge in [-0.3, -0.25) is 4.79 Å². The molecule has 0 aliphatic carbocycles. The number of ether oxygens (including phenoxy) is 3. The summed E-state index contributed by atoms with van der Waals surface area (Å²) in [5, 5.41) is 4.63. The summed E-state index contributed by atoms with van der Waals surface area (Å²) in [4.78, 5) is 18.5. The van der Waals surface area contributed by atoms with E-state index in [0.717, 1.165) is 23.2 Å². The highest BCUT2D eigenvalue weighted by atomic mass is 35.5. The zero-order chi connectivity index (χ0) is 29.3. The van der Waals surface area contributed by atoms with Crippen LogP contribution in [0.1, 0.15) is 16.8 Å². The largest absolute Gasteiger partial charge is 0.487 e. The Hall–Kier alpha value is -3.68. The van der Waals surface area contributed by atoms with E-state index in [-0.39, 0.29) is 42.5 Å². The first-order valence-corrected chi connectivity index (χ1v) is 12.7. The van der Waals surface area contributed by atoms with Crippen LogP contribution in [0.2, 0.25) is 5.02 Å². The van der Waals surface area contributed by atoms with Crippen LogP contribution in [0.4, 0.5) is 17.6 Å². The molecule has 14 heteroatoms. The molecule has 1 aliphatic rings. The van der Waals surface area contributed by atoms with Crippen LogP contribution in [0.15, 0.2) is 48.8 Å². The predicted octanol–water partition coefficient (Wildman–Crippen LogP) is 4.66. The van der Waals surface area contributed by atoms with Crippen LogP contribution in [0.5, 0.6) is 5.75 Å². The summed E-state index contributed by atoms with van der Waals surface area (Å²) in [5.41, 5.74) is 0.180. The maximum Gasteiger partial charge on any atom is 0.345 e. The Balaban J connectivity index is 1.52. The van der Waals surface area contributed by atoms with E-state index < -0.39 is 36.2 Å². The molecular weight excluding hydrogens is 567 g/mol. The fourth-order valence-corrected chi connectivity index (χ4v) is 5.06. The maximum absolute atomic E-state index is 14.6.